The first-order valence-corrected chi connectivity index (χ1v) is 12.5. The highest BCUT2D eigenvalue weighted by atomic mass is 32.1. The van der Waals surface area contributed by atoms with Gasteiger partial charge in [-0.1, -0.05) is 0 Å². The number of amides is 5. The lowest BCUT2D eigenvalue weighted by atomic mass is 9.94. The highest BCUT2D eigenvalue weighted by Gasteiger charge is 2.52. The van der Waals surface area contributed by atoms with E-state index in [1.165, 1.54) is 21.1 Å². The normalized spacial score (nSPS) is 19.4. The number of carbonyl (C=O) groups is 4. The molecule has 3 rings (SSSR count). The van der Waals surface area contributed by atoms with Gasteiger partial charge in [0.05, 0.1) is 6.54 Å². The Hall–Kier alpha value is -3.39. The first kappa shape index (κ1) is 28.2. The minimum absolute atomic E-state index is 0.0423. The van der Waals surface area contributed by atoms with Gasteiger partial charge in [0.25, 0.3) is 0 Å². The second-order valence-electron chi connectivity index (χ2n) is 10.9. The van der Waals surface area contributed by atoms with E-state index < -0.39 is 41.5 Å². The molecule has 14 heteroatoms. The van der Waals surface area contributed by atoms with E-state index in [4.69, 9.17) is 9.47 Å². The third kappa shape index (κ3) is 6.49. The van der Waals surface area contributed by atoms with Gasteiger partial charge in [0.2, 0.25) is 11.9 Å². The summed E-state index contributed by atoms with van der Waals surface area (Å²) in [5.41, 5.74) is -0.364. The van der Waals surface area contributed by atoms with Crippen LogP contribution in [-0.2, 0) is 20.8 Å². The topological polar surface area (TPSA) is 153 Å². The highest BCUT2D eigenvalue weighted by molar-refractivity contribution is 7.10. The summed E-state index contributed by atoms with van der Waals surface area (Å²) in [7, 11) is 3.18. The smallest absolute Gasteiger partial charge is 0.437 e. The minimum Gasteiger partial charge on any atom is -0.444 e. The van der Waals surface area contributed by atoms with Crippen molar-refractivity contribution in [2.24, 2.45) is 4.99 Å². The van der Waals surface area contributed by atoms with Gasteiger partial charge >= 0.3 is 18.2 Å². The number of aliphatic imine (C=N–C) groups is 1. The van der Waals surface area contributed by atoms with Crippen molar-refractivity contribution >= 4 is 41.4 Å². The lowest BCUT2D eigenvalue weighted by Gasteiger charge is -2.32. The van der Waals surface area contributed by atoms with E-state index in [9.17, 15) is 24.4 Å². The van der Waals surface area contributed by atoms with Gasteiger partial charge in [0.1, 0.15) is 23.3 Å². The van der Waals surface area contributed by atoms with Crippen molar-refractivity contribution in [3.05, 3.63) is 21.4 Å². The number of rotatable bonds is 3. The number of hydroxylamine groups is 2. The minimum atomic E-state index is -0.931. The quantitative estimate of drug-likeness (QED) is 0.302. The number of thiophene rings is 1. The van der Waals surface area contributed by atoms with E-state index in [1.54, 1.807) is 61.0 Å². The Kier molecular flexibility index (Phi) is 7.75. The van der Waals surface area contributed by atoms with Gasteiger partial charge in [-0.05, 0) is 52.5 Å². The van der Waals surface area contributed by atoms with Gasteiger partial charge in [0.15, 0.2) is 0 Å². The number of fused-ring (bicyclic) bond motifs is 4. The number of carbonyl (C=O) groups excluding carboxylic acids is 4. The molecule has 2 bridgehead atoms. The second kappa shape index (κ2) is 10.2. The summed E-state index contributed by atoms with van der Waals surface area (Å²) >= 11 is 1.31. The number of ether oxygens (including phenoxy) is 2. The van der Waals surface area contributed by atoms with Crippen LogP contribution >= 0.6 is 11.3 Å². The van der Waals surface area contributed by atoms with Gasteiger partial charge < -0.3 is 24.6 Å². The van der Waals surface area contributed by atoms with Crippen molar-refractivity contribution in [2.45, 2.75) is 71.4 Å². The number of guanidine groups is 1. The Labute approximate surface area is 219 Å². The van der Waals surface area contributed by atoms with Crippen molar-refractivity contribution in [2.75, 3.05) is 20.6 Å². The predicted molar refractivity (Wildman–Crippen MR) is 134 cm³/mol. The van der Waals surface area contributed by atoms with Gasteiger partial charge in [-0.3, -0.25) is 15.3 Å². The number of hydrogen-bond acceptors (Lipinski definition) is 8. The number of urea groups is 1. The van der Waals surface area contributed by atoms with Crippen LogP contribution < -0.4 is 10.6 Å². The summed E-state index contributed by atoms with van der Waals surface area (Å²) in [6.45, 7) is 10.4. The molecular formula is C23H34N6O7S. The summed E-state index contributed by atoms with van der Waals surface area (Å²) in [6, 6.07) is -2.17. The molecule has 1 aromatic rings. The average molecular weight is 539 g/mol. The number of nitrogens with zero attached hydrogens (tertiary/aromatic N) is 4. The lowest BCUT2D eigenvalue weighted by Crippen LogP contribution is -2.45. The Morgan fingerprint density at radius 2 is 1.78 bits per heavy atom. The number of hydrogen-bond donors (Lipinski definition) is 3. The third-order valence-corrected chi connectivity index (χ3v) is 6.42. The molecule has 0 aliphatic carbocycles. The van der Waals surface area contributed by atoms with Crippen LogP contribution in [0.2, 0.25) is 0 Å². The van der Waals surface area contributed by atoms with Gasteiger partial charge in [-0.15, -0.1) is 16.3 Å². The monoisotopic (exact) mass is 538 g/mol. The molecule has 1 fully saturated rings. The third-order valence-electron chi connectivity index (χ3n) is 5.27. The van der Waals surface area contributed by atoms with E-state index in [-0.39, 0.29) is 25.0 Å². The van der Waals surface area contributed by atoms with Crippen LogP contribution in [0.3, 0.4) is 0 Å². The molecule has 204 valence electrons. The van der Waals surface area contributed by atoms with Gasteiger partial charge in [-0.25, -0.2) is 14.4 Å². The molecule has 2 aliphatic heterocycles. The largest absolute Gasteiger partial charge is 0.444 e. The van der Waals surface area contributed by atoms with Crippen LogP contribution in [0.25, 0.3) is 0 Å². The molecule has 1 aromatic heterocycles. The zero-order chi connectivity index (χ0) is 27.9. The fourth-order valence-electron chi connectivity index (χ4n) is 3.87. The van der Waals surface area contributed by atoms with E-state index in [0.717, 1.165) is 0 Å². The van der Waals surface area contributed by atoms with Crippen LogP contribution in [0.4, 0.5) is 14.4 Å². The van der Waals surface area contributed by atoms with E-state index in [1.807, 2.05) is 0 Å². The average Bonchev–Trinajstić information content (AvgIpc) is 3.25. The maximum Gasteiger partial charge on any atom is 0.437 e. The predicted octanol–water partition coefficient (Wildman–Crippen LogP) is 2.96. The van der Waals surface area contributed by atoms with Gasteiger partial charge in [-0.2, -0.15) is 5.06 Å². The van der Waals surface area contributed by atoms with E-state index >= 15 is 0 Å². The zero-order valence-corrected chi connectivity index (χ0v) is 23.1. The molecule has 0 aromatic carbocycles. The Balaban J connectivity index is 1.90. The zero-order valence-electron chi connectivity index (χ0n) is 22.2. The summed E-state index contributed by atoms with van der Waals surface area (Å²) in [4.78, 5) is 57.7. The summed E-state index contributed by atoms with van der Waals surface area (Å²) in [6.07, 6.45) is -1.76. The summed E-state index contributed by atoms with van der Waals surface area (Å²) in [5, 5.41) is 18.1. The van der Waals surface area contributed by atoms with Crippen LogP contribution in [0, 0.1) is 0 Å². The van der Waals surface area contributed by atoms with Crippen LogP contribution in [0.5, 0.6) is 0 Å². The molecule has 0 radical (unpaired) electrons. The molecule has 3 heterocycles. The first-order valence-electron chi connectivity index (χ1n) is 11.6. The molecule has 0 spiro atoms. The number of nitrogens with one attached hydrogen (secondary N) is 2. The van der Waals surface area contributed by atoms with Gasteiger partial charge in [0, 0.05) is 31.1 Å². The molecule has 2 atom stereocenters. The maximum absolute atomic E-state index is 13.1. The van der Waals surface area contributed by atoms with Crippen molar-refractivity contribution in [3.8, 4) is 0 Å². The first-order chi connectivity index (χ1) is 17.0. The summed E-state index contributed by atoms with van der Waals surface area (Å²) in [5.74, 6) is -0.532. The molecule has 2 aliphatic rings. The molecule has 37 heavy (non-hydrogen) atoms. The lowest BCUT2D eigenvalue weighted by molar-refractivity contribution is -0.133. The maximum atomic E-state index is 13.1. The van der Waals surface area contributed by atoms with E-state index in [0.29, 0.717) is 21.1 Å². The number of likely N-dealkylation sites (N-methyl/N-ethyl adjacent to an activating group) is 1. The molecular weight excluding hydrogens is 504 g/mol. The Bertz CT molecular complexity index is 1120. The Morgan fingerprint density at radius 1 is 1.16 bits per heavy atom. The highest BCUT2D eigenvalue weighted by Crippen LogP contribution is 2.47. The molecule has 13 nitrogen and oxygen atoms in total. The van der Waals surface area contributed by atoms with Crippen LogP contribution in [-0.4, -0.2) is 82.0 Å². The SMILES string of the molecule is CN(C)C(=O)[C@@H]1c2c(CN/C(=N/C(=O)OC(C)(C)C)NC(=O)OC(C)(C)C)csc2[C@@H]2CN1C(=O)N2O. The molecule has 0 unspecified atom stereocenters. The second-order valence-corrected chi connectivity index (χ2v) is 11.8. The van der Waals surface area contributed by atoms with Crippen LogP contribution in [0.15, 0.2) is 10.4 Å². The molecule has 3 N–H and O–H groups in total. The fraction of sp³-hybridized carbons (Fsp3) is 0.609. The van der Waals surface area contributed by atoms with Crippen molar-refractivity contribution < 1.29 is 33.9 Å². The standard InChI is InChI=1S/C23H34N6O7S/c1-22(2,3)35-19(31)25-18(26-20(32)36-23(4,5)6)24-9-12-11-37-16-13-10-28(21(33)29(13)34)15(14(12)16)17(30)27(7)8/h11,13,15,34H,9-10H2,1-8H3,(H2,24,25,26,31,32)/t13-,15-/m0/s1. The fourth-order valence-corrected chi connectivity index (χ4v) is 5.05. The summed E-state index contributed by atoms with van der Waals surface area (Å²) < 4.78 is 10.5. The van der Waals surface area contributed by atoms with Crippen molar-refractivity contribution in [1.82, 2.24) is 25.5 Å². The van der Waals surface area contributed by atoms with Crippen molar-refractivity contribution in [3.63, 3.8) is 0 Å². The number of alkyl carbamates (subject to hydrolysis) is 1. The molecule has 0 saturated carbocycles. The molecule has 1 saturated heterocycles. The van der Waals surface area contributed by atoms with Crippen molar-refractivity contribution in [1.29, 1.82) is 0 Å². The molecule has 5 amide bonds. The van der Waals surface area contributed by atoms with Crippen LogP contribution in [0.1, 0.15) is 69.6 Å². The Morgan fingerprint density at radius 3 is 2.35 bits per heavy atom. The van der Waals surface area contributed by atoms with E-state index in [2.05, 4.69) is 15.6 Å².